The molecule has 0 spiro atoms. The first-order valence-corrected chi connectivity index (χ1v) is 20.2. The van der Waals surface area contributed by atoms with E-state index in [1.807, 2.05) is 115 Å². The van der Waals surface area contributed by atoms with E-state index in [0.29, 0.717) is 45.1 Å². The monoisotopic (exact) mass is 817 g/mol. The van der Waals surface area contributed by atoms with E-state index in [9.17, 15) is 6.85 Å². The van der Waals surface area contributed by atoms with Gasteiger partial charge in [0.1, 0.15) is 11.2 Å². The lowest BCUT2D eigenvalue weighted by Crippen LogP contribution is -2.02. The van der Waals surface area contributed by atoms with Gasteiger partial charge in [0.25, 0.3) is 0 Å². The third kappa shape index (κ3) is 5.62. The van der Waals surface area contributed by atoms with Crippen molar-refractivity contribution in [2.45, 2.75) is 0 Å². The van der Waals surface area contributed by atoms with Crippen LogP contribution >= 0.6 is 0 Å². The molecule has 0 N–H and O–H groups in total. The van der Waals surface area contributed by atoms with Gasteiger partial charge in [-0.3, -0.25) is 0 Å². The molecular formula is C57H35N5O. The number of rotatable bonds is 6. The molecule has 6 nitrogen and oxygen atoms in total. The topological polar surface area (TPSA) is 61.7 Å². The molecule has 0 saturated heterocycles. The quantitative estimate of drug-likeness (QED) is 0.168. The number of para-hydroxylation sites is 3. The molecule has 4 heterocycles. The van der Waals surface area contributed by atoms with Crippen molar-refractivity contribution in [3.05, 3.63) is 212 Å². The highest BCUT2D eigenvalue weighted by molar-refractivity contribution is 6.19. The van der Waals surface area contributed by atoms with Crippen LogP contribution in [0, 0.1) is 0 Å². The Labute approximate surface area is 378 Å². The SMILES string of the molecule is [2H]c1c([2H])c([2H])c(-c2c([2H])c([2H])c3c(c2[2H])c2c([2H])c([2H])c([2H])c([2H])c2n3-c2ccc3oc4cc5c6cccc(-c7nc(-c8ccccc8)nc(-c8ccccc8)n7)c6n(-c6ccccc6)c5cc4c3c2)c([2H])c1[2H]. The molecule has 4 aromatic heterocycles. The van der Waals surface area contributed by atoms with Gasteiger partial charge in [-0.2, -0.15) is 0 Å². The van der Waals surface area contributed by atoms with Crippen LogP contribution in [0.15, 0.2) is 216 Å². The van der Waals surface area contributed by atoms with E-state index in [2.05, 4.69) is 10.6 Å². The maximum Gasteiger partial charge on any atom is 0.166 e. The van der Waals surface area contributed by atoms with Crippen LogP contribution in [0.4, 0.5) is 0 Å². The van der Waals surface area contributed by atoms with Crippen LogP contribution in [0.25, 0.3) is 122 Å². The first-order valence-electron chi connectivity index (χ1n) is 26.2. The molecule has 0 atom stereocenters. The van der Waals surface area contributed by atoms with Crippen molar-refractivity contribution in [1.82, 2.24) is 24.1 Å². The van der Waals surface area contributed by atoms with E-state index < -0.39 is 83.6 Å². The minimum atomic E-state index is -0.694. The normalized spacial score (nSPS) is 14.5. The summed E-state index contributed by atoms with van der Waals surface area (Å²) in [6.07, 6.45) is 0. The summed E-state index contributed by atoms with van der Waals surface area (Å²) in [6.45, 7) is 0. The summed E-state index contributed by atoms with van der Waals surface area (Å²) < 4.78 is 117. The van der Waals surface area contributed by atoms with Crippen LogP contribution in [0.3, 0.4) is 0 Å². The fourth-order valence-corrected chi connectivity index (χ4v) is 8.69. The van der Waals surface area contributed by atoms with Crippen molar-refractivity contribution in [2.75, 3.05) is 0 Å². The molecule has 0 unspecified atom stereocenters. The van der Waals surface area contributed by atoms with Crippen LogP contribution in [0.5, 0.6) is 0 Å². The zero-order valence-electron chi connectivity index (χ0n) is 44.9. The first kappa shape index (κ1) is 25.2. The van der Waals surface area contributed by atoms with Gasteiger partial charge in [0.15, 0.2) is 17.5 Å². The van der Waals surface area contributed by atoms with E-state index in [0.717, 1.165) is 44.2 Å². The molecule has 0 amide bonds. The van der Waals surface area contributed by atoms with Crippen LogP contribution in [-0.2, 0) is 0 Å². The lowest BCUT2D eigenvalue weighted by molar-refractivity contribution is 0.669. The standard InChI is InChI=1S/C57H35N5O/c1-5-16-36(17-6-1)39-28-30-50-45(32-39)42-24-13-14-27-49(42)61(50)41-29-31-52-47(33-41)48-34-51-46(35-53(48)63-52)43-25-15-26-44(54(43)62(51)40-22-11-4-12-23-40)57-59-55(37-18-7-2-8-19-37)58-56(60-57)38-20-9-3-10-21-38/h1-35H/i1D,5D,6D,13D,14D,16D,17D,24D,27D,28D,30D,32D. The highest BCUT2D eigenvalue weighted by Crippen LogP contribution is 2.43. The van der Waals surface area contributed by atoms with Crippen molar-refractivity contribution in [3.8, 4) is 56.7 Å². The molecule has 0 aliphatic carbocycles. The van der Waals surface area contributed by atoms with Gasteiger partial charge >= 0.3 is 0 Å². The second-order valence-electron chi connectivity index (χ2n) is 15.1. The maximum absolute atomic E-state index is 9.62. The van der Waals surface area contributed by atoms with Gasteiger partial charge in [0, 0.05) is 60.4 Å². The molecule has 0 bridgehead atoms. The van der Waals surface area contributed by atoms with Gasteiger partial charge < -0.3 is 13.6 Å². The lowest BCUT2D eigenvalue weighted by Gasteiger charge is -2.12. The van der Waals surface area contributed by atoms with Gasteiger partial charge in [-0.15, -0.1) is 0 Å². The minimum Gasteiger partial charge on any atom is -0.456 e. The molecule has 0 aliphatic rings. The van der Waals surface area contributed by atoms with Crippen molar-refractivity contribution < 1.29 is 20.9 Å². The number of hydrogen-bond donors (Lipinski definition) is 0. The van der Waals surface area contributed by atoms with Crippen molar-refractivity contribution in [1.29, 1.82) is 0 Å². The van der Waals surface area contributed by atoms with E-state index >= 15 is 0 Å². The zero-order valence-corrected chi connectivity index (χ0v) is 32.9. The van der Waals surface area contributed by atoms with Crippen LogP contribution in [-0.4, -0.2) is 24.1 Å². The molecule has 63 heavy (non-hydrogen) atoms. The molecule has 294 valence electrons. The second-order valence-corrected chi connectivity index (χ2v) is 15.1. The summed E-state index contributed by atoms with van der Waals surface area (Å²) in [5.74, 6) is 1.50. The van der Waals surface area contributed by atoms with Crippen LogP contribution < -0.4 is 0 Å². The Balaban J connectivity index is 1.09. The second kappa shape index (κ2) is 14.0. The molecule has 13 aromatic rings. The Bertz CT molecular complexity index is 4530. The van der Waals surface area contributed by atoms with Crippen LogP contribution in [0.1, 0.15) is 16.4 Å². The predicted octanol–water partition coefficient (Wildman–Crippen LogP) is 14.6. The fourth-order valence-electron chi connectivity index (χ4n) is 8.69. The number of benzene rings is 9. The van der Waals surface area contributed by atoms with E-state index in [-0.39, 0.29) is 21.8 Å². The van der Waals surface area contributed by atoms with E-state index in [4.69, 9.17) is 29.0 Å². The van der Waals surface area contributed by atoms with Gasteiger partial charge in [0.2, 0.25) is 0 Å². The Morgan fingerprint density at radius 1 is 0.381 bits per heavy atom. The Morgan fingerprint density at radius 2 is 1.05 bits per heavy atom. The zero-order chi connectivity index (χ0) is 51.9. The fraction of sp³-hybridized carbons (Fsp3) is 0. The summed E-state index contributed by atoms with van der Waals surface area (Å²) in [4.78, 5) is 15.2. The molecule has 0 aliphatic heterocycles. The molecule has 0 radical (unpaired) electrons. The van der Waals surface area contributed by atoms with E-state index in [1.54, 1.807) is 18.2 Å². The predicted molar refractivity (Wildman–Crippen MR) is 258 cm³/mol. The number of furan rings is 1. The minimum absolute atomic E-state index is 0.0777. The van der Waals surface area contributed by atoms with Crippen molar-refractivity contribution in [2.24, 2.45) is 0 Å². The Hall–Kier alpha value is -8.61. The highest BCUT2D eigenvalue weighted by atomic mass is 16.3. The molecule has 9 aromatic carbocycles. The van der Waals surface area contributed by atoms with Gasteiger partial charge in [-0.1, -0.05) is 145 Å². The Kier molecular flexibility index (Phi) is 5.60. The first-order chi connectivity index (χ1) is 36.2. The third-order valence-electron chi connectivity index (χ3n) is 11.5. The number of hydrogen-bond acceptors (Lipinski definition) is 4. The number of nitrogens with zero attached hydrogens (tertiary/aromatic N) is 5. The summed E-state index contributed by atoms with van der Waals surface area (Å²) in [5.41, 5.74) is 5.22. The number of aromatic nitrogens is 5. The lowest BCUT2D eigenvalue weighted by atomic mass is 10.0. The van der Waals surface area contributed by atoms with Crippen LogP contribution in [0.2, 0.25) is 0 Å². The summed E-state index contributed by atoms with van der Waals surface area (Å²) in [7, 11) is 0. The molecular weight excluding hydrogens is 771 g/mol. The average Bonchev–Trinajstić information content (AvgIpc) is 4.11. The smallest absolute Gasteiger partial charge is 0.166 e. The summed E-state index contributed by atoms with van der Waals surface area (Å²) in [6, 6.07) is 37.5. The third-order valence-corrected chi connectivity index (χ3v) is 11.5. The molecule has 6 heteroatoms. The van der Waals surface area contributed by atoms with Gasteiger partial charge in [-0.25, -0.2) is 15.0 Å². The summed E-state index contributed by atoms with van der Waals surface area (Å²) in [5, 5.41) is 2.81. The highest BCUT2D eigenvalue weighted by Gasteiger charge is 2.22. The maximum atomic E-state index is 9.62. The van der Waals surface area contributed by atoms with E-state index in [1.165, 1.54) is 4.57 Å². The molecule has 13 rings (SSSR count). The molecule has 0 fully saturated rings. The molecule has 0 saturated carbocycles. The average molecular weight is 818 g/mol. The van der Waals surface area contributed by atoms with Gasteiger partial charge in [-0.05, 0) is 77.8 Å². The number of fused-ring (bicyclic) bond motifs is 9. The van der Waals surface area contributed by atoms with Crippen molar-refractivity contribution >= 4 is 65.6 Å². The van der Waals surface area contributed by atoms with Crippen molar-refractivity contribution in [3.63, 3.8) is 0 Å². The van der Waals surface area contributed by atoms with Gasteiger partial charge in [0.05, 0.1) is 38.5 Å². The largest absolute Gasteiger partial charge is 0.456 e. The summed E-state index contributed by atoms with van der Waals surface area (Å²) >= 11 is 0. The Morgan fingerprint density at radius 3 is 1.81 bits per heavy atom.